The van der Waals surface area contributed by atoms with E-state index < -0.39 is 0 Å². The van der Waals surface area contributed by atoms with Gasteiger partial charge in [0.1, 0.15) is 6.54 Å². The van der Waals surface area contributed by atoms with Crippen molar-refractivity contribution in [2.45, 2.75) is 6.54 Å². The average Bonchev–Trinajstić information content (AvgIpc) is 1.85. The smallest absolute Gasteiger partial charge is 0.104 e. The van der Waals surface area contributed by atoms with Gasteiger partial charge in [0.25, 0.3) is 0 Å². The molecular formula is C10H20I2N2. The zero-order chi connectivity index (χ0) is 8.32. The Morgan fingerprint density at radius 3 is 1.79 bits per heavy atom. The molecule has 0 amide bonds. The molecule has 0 aromatic heterocycles. The minimum Gasteiger partial charge on any atom is -1.00 e. The van der Waals surface area contributed by atoms with Gasteiger partial charge in [-0.2, -0.15) is 0 Å². The maximum atomic E-state index is 2.20. The molecule has 4 heteroatoms. The zero-order valence-corrected chi connectivity index (χ0v) is 13.5. The Kier molecular flexibility index (Phi) is 12.7. The van der Waals surface area contributed by atoms with E-state index in [1.807, 2.05) is 0 Å². The summed E-state index contributed by atoms with van der Waals surface area (Å²) in [6, 6.07) is 10.6. The van der Waals surface area contributed by atoms with Crippen LogP contribution in [0.4, 0.5) is 0 Å². The van der Waals surface area contributed by atoms with Crippen molar-refractivity contribution in [3.63, 3.8) is 0 Å². The second-order valence-corrected chi connectivity index (χ2v) is 3.93. The number of halogens is 2. The highest BCUT2D eigenvalue weighted by molar-refractivity contribution is 14.0. The molecule has 1 rings (SSSR count). The summed E-state index contributed by atoms with van der Waals surface area (Å²) < 4.78 is 0.990. The van der Waals surface area contributed by atoms with Crippen molar-refractivity contribution in [1.29, 1.82) is 0 Å². The standard InChI is InChI=1S/C10H16N.2HI.H3N/c1-11(2,3)9-10-7-5-4-6-8-10;;;/h4-8H,9H2,1-3H3;2*1H;1H3/q+1;;;/p-1. The zero-order valence-electron chi connectivity index (χ0n) is 9.03. The molecule has 3 N–H and O–H groups in total. The molecule has 14 heavy (non-hydrogen) atoms. The number of hydrogen-bond acceptors (Lipinski definition) is 1. The summed E-state index contributed by atoms with van der Waals surface area (Å²) in [6.07, 6.45) is 0. The molecule has 84 valence electrons. The van der Waals surface area contributed by atoms with Crippen LogP contribution < -0.4 is 30.1 Å². The van der Waals surface area contributed by atoms with Crippen molar-refractivity contribution in [3.05, 3.63) is 35.9 Å². The number of nitrogens with zero attached hydrogens (tertiary/aromatic N) is 1. The van der Waals surface area contributed by atoms with E-state index in [0.29, 0.717) is 0 Å². The average molecular weight is 422 g/mol. The van der Waals surface area contributed by atoms with Crippen LogP contribution >= 0.6 is 24.0 Å². The van der Waals surface area contributed by atoms with Gasteiger partial charge < -0.3 is 34.6 Å². The lowest BCUT2D eigenvalue weighted by Crippen LogP contribution is -3.00. The Hall–Kier alpha value is 0.600. The van der Waals surface area contributed by atoms with E-state index in [-0.39, 0.29) is 54.1 Å². The molecule has 1 aromatic carbocycles. The predicted octanol–water partition coefficient (Wildman–Crippen LogP) is -0.323. The van der Waals surface area contributed by atoms with Crippen molar-refractivity contribution in [2.75, 3.05) is 21.1 Å². The lowest BCUT2D eigenvalue weighted by atomic mass is 10.2. The van der Waals surface area contributed by atoms with E-state index in [0.717, 1.165) is 11.0 Å². The van der Waals surface area contributed by atoms with Gasteiger partial charge in [-0.3, -0.25) is 0 Å². The number of benzene rings is 1. The Labute approximate surface area is 121 Å². The quantitative estimate of drug-likeness (QED) is 0.515. The fourth-order valence-electron chi connectivity index (χ4n) is 1.13. The Morgan fingerprint density at radius 1 is 1.00 bits per heavy atom. The van der Waals surface area contributed by atoms with Gasteiger partial charge >= 0.3 is 0 Å². The summed E-state index contributed by atoms with van der Waals surface area (Å²) in [5.74, 6) is 0. The fraction of sp³-hybridized carbons (Fsp3) is 0.400. The van der Waals surface area contributed by atoms with Crippen molar-refractivity contribution in [2.24, 2.45) is 0 Å². The van der Waals surface area contributed by atoms with Gasteiger partial charge in [-0.05, 0) is 0 Å². The summed E-state index contributed by atoms with van der Waals surface area (Å²) in [6.45, 7) is 1.10. The van der Waals surface area contributed by atoms with Crippen LogP contribution in [0.25, 0.3) is 0 Å². The van der Waals surface area contributed by atoms with Crippen LogP contribution in [0, 0.1) is 0 Å². The largest absolute Gasteiger partial charge is 1.00 e. The van der Waals surface area contributed by atoms with Crippen LogP contribution in [0.15, 0.2) is 30.3 Å². The lowest BCUT2D eigenvalue weighted by Gasteiger charge is -2.23. The molecule has 0 atom stereocenters. The first-order valence-electron chi connectivity index (χ1n) is 3.92. The summed E-state index contributed by atoms with van der Waals surface area (Å²) in [7, 11) is 6.60. The molecule has 1 aromatic rings. The normalized spacial score (nSPS) is 9.07. The van der Waals surface area contributed by atoms with Gasteiger partial charge in [0.2, 0.25) is 0 Å². The van der Waals surface area contributed by atoms with E-state index in [1.165, 1.54) is 5.56 Å². The maximum Gasteiger partial charge on any atom is 0.104 e. The van der Waals surface area contributed by atoms with Crippen LogP contribution in [0.2, 0.25) is 0 Å². The number of hydrogen-bond donors (Lipinski definition) is 1. The van der Waals surface area contributed by atoms with Crippen molar-refractivity contribution >= 4 is 24.0 Å². The van der Waals surface area contributed by atoms with E-state index in [1.54, 1.807) is 0 Å². The topological polar surface area (TPSA) is 35.0 Å². The second kappa shape index (κ2) is 8.87. The minimum absolute atomic E-state index is 0. The molecule has 0 aliphatic heterocycles. The third kappa shape index (κ3) is 9.17. The lowest BCUT2D eigenvalue weighted by molar-refractivity contribution is -0.884. The first-order chi connectivity index (χ1) is 5.08. The summed E-state index contributed by atoms with van der Waals surface area (Å²) in [5.41, 5.74) is 1.40. The van der Waals surface area contributed by atoms with Gasteiger partial charge in [0.05, 0.1) is 21.1 Å². The van der Waals surface area contributed by atoms with Crippen LogP contribution in [-0.2, 0) is 6.54 Å². The molecule has 0 aliphatic rings. The van der Waals surface area contributed by atoms with Gasteiger partial charge in [0.15, 0.2) is 0 Å². The highest BCUT2D eigenvalue weighted by Crippen LogP contribution is 2.04. The van der Waals surface area contributed by atoms with Crippen molar-refractivity contribution < 1.29 is 28.5 Å². The highest BCUT2D eigenvalue weighted by atomic mass is 127. The SMILES string of the molecule is C[N+](C)(C)Cc1ccccc1.I.N.[I-]. The molecule has 0 bridgehead atoms. The Balaban J connectivity index is -0.000000403. The monoisotopic (exact) mass is 422 g/mol. The van der Waals surface area contributed by atoms with E-state index >= 15 is 0 Å². The van der Waals surface area contributed by atoms with Gasteiger partial charge in [-0.25, -0.2) is 0 Å². The Bertz CT molecular complexity index is 219. The van der Waals surface area contributed by atoms with E-state index in [4.69, 9.17) is 0 Å². The summed E-state index contributed by atoms with van der Waals surface area (Å²) >= 11 is 0. The van der Waals surface area contributed by atoms with Crippen LogP contribution in [0.1, 0.15) is 5.56 Å². The molecule has 0 heterocycles. The van der Waals surface area contributed by atoms with Gasteiger partial charge in [-0.1, -0.05) is 30.3 Å². The first-order valence-corrected chi connectivity index (χ1v) is 3.92. The van der Waals surface area contributed by atoms with Crippen LogP contribution in [0.3, 0.4) is 0 Å². The van der Waals surface area contributed by atoms with Crippen molar-refractivity contribution in [3.8, 4) is 0 Å². The molecule has 2 nitrogen and oxygen atoms in total. The number of rotatable bonds is 2. The van der Waals surface area contributed by atoms with Crippen LogP contribution in [-0.4, -0.2) is 25.6 Å². The second-order valence-electron chi connectivity index (χ2n) is 3.93. The molecule has 0 radical (unpaired) electrons. The molecule has 0 unspecified atom stereocenters. The molecule has 0 saturated heterocycles. The molecule has 0 saturated carbocycles. The van der Waals surface area contributed by atoms with E-state index in [2.05, 4.69) is 51.5 Å². The van der Waals surface area contributed by atoms with E-state index in [9.17, 15) is 0 Å². The number of quaternary nitrogens is 1. The molecular weight excluding hydrogens is 402 g/mol. The maximum absolute atomic E-state index is 2.20. The van der Waals surface area contributed by atoms with Crippen molar-refractivity contribution in [1.82, 2.24) is 6.15 Å². The predicted molar refractivity (Wildman–Crippen MR) is 68.6 cm³/mol. The fourth-order valence-corrected chi connectivity index (χ4v) is 1.13. The summed E-state index contributed by atoms with van der Waals surface area (Å²) in [4.78, 5) is 0. The van der Waals surface area contributed by atoms with Gasteiger partial charge in [-0.15, -0.1) is 24.0 Å². The van der Waals surface area contributed by atoms with Gasteiger partial charge in [0, 0.05) is 5.56 Å². The molecule has 0 spiro atoms. The first kappa shape index (κ1) is 20.1. The third-order valence-electron chi connectivity index (χ3n) is 1.50. The minimum atomic E-state index is 0. The Morgan fingerprint density at radius 2 is 1.43 bits per heavy atom. The third-order valence-corrected chi connectivity index (χ3v) is 1.50. The highest BCUT2D eigenvalue weighted by Gasteiger charge is 2.06. The van der Waals surface area contributed by atoms with Crippen LogP contribution in [0.5, 0.6) is 0 Å². The summed E-state index contributed by atoms with van der Waals surface area (Å²) in [5, 5.41) is 0. The molecule has 0 aliphatic carbocycles. The molecule has 0 fully saturated rings.